The minimum absolute atomic E-state index is 0.107. The first kappa shape index (κ1) is 13.7. The van der Waals surface area contributed by atoms with E-state index in [9.17, 15) is 9.90 Å². The number of aliphatic carboxylic acids is 1. The van der Waals surface area contributed by atoms with Gasteiger partial charge >= 0.3 is 5.97 Å². The van der Waals surface area contributed by atoms with Gasteiger partial charge in [-0.1, -0.05) is 0 Å². The lowest BCUT2D eigenvalue weighted by molar-refractivity contribution is -0.144. The zero-order valence-corrected chi connectivity index (χ0v) is 12.3. The van der Waals surface area contributed by atoms with E-state index in [-0.39, 0.29) is 18.0 Å². The lowest BCUT2D eigenvalue weighted by atomic mass is 9.84. The molecule has 0 radical (unpaired) electrons. The van der Waals surface area contributed by atoms with Crippen molar-refractivity contribution < 1.29 is 14.3 Å². The van der Waals surface area contributed by atoms with Gasteiger partial charge in [-0.3, -0.25) is 4.79 Å². The molecule has 5 atom stereocenters. The van der Waals surface area contributed by atoms with Crippen LogP contribution in [0.3, 0.4) is 0 Å². The number of aryl methyl sites for hydroxylation is 2. The van der Waals surface area contributed by atoms with Crippen LogP contribution < -0.4 is 5.32 Å². The van der Waals surface area contributed by atoms with Crippen LogP contribution in [0.5, 0.6) is 0 Å². The smallest absolute Gasteiger partial charge is 0.308 e. The van der Waals surface area contributed by atoms with Crippen molar-refractivity contribution in [1.29, 1.82) is 0 Å². The van der Waals surface area contributed by atoms with Crippen LogP contribution in [0.1, 0.15) is 49.3 Å². The molecule has 2 saturated carbocycles. The van der Waals surface area contributed by atoms with Crippen molar-refractivity contribution in [2.24, 2.45) is 17.8 Å². The minimum atomic E-state index is -0.637. The van der Waals surface area contributed by atoms with Crippen LogP contribution in [0.4, 0.5) is 0 Å². The van der Waals surface area contributed by atoms with Gasteiger partial charge in [-0.25, -0.2) is 0 Å². The topological polar surface area (TPSA) is 62.5 Å². The molecule has 2 N–H and O–H groups in total. The molecule has 1 aromatic heterocycles. The molecule has 4 heteroatoms. The fraction of sp³-hybridized carbons (Fsp3) is 0.688. The Morgan fingerprint density at radius 3 is 2.70 bits per heavy atom. The average Bonchev–Trinajstić information content (AvgIpc) is 3.03. The molecule has 0 spiro atoms. The number of hydrogen-bond donors (Lipinski definition) is 2. The molecule has 0 saturated heterocycles. The minimum Gasteiger partial charge on any atom is -0.481 e. The van der Waals surface area contributed by atoms with Gasteiger partial charge in [0.1, 0.15) is 11.5 Å². The molecular formula is C16H23NO3. The normalized spacial score (nSPS) is 33.5. The van der Waals surface area contributed by atoms with Crippen molar-refractivity contribution in [3.63, 3.8) is 0 Å². The van der Waals surface area contributed by atoms with Crippen molar-refractivity contribution in [3.8, 4) is 0 Å². The highest BCUT2D eigenvalue weighted by Crippen LogP contribution is 2.49. The van der Waals surface area contributed by atoms with Crippen LogP contribution >= 0.6 is 0 Å². The SMILES string of the molecule is Cc1cc(C(C)NC2C3CCC(C3)C2C(=O)O)c(C)o1. The summed E-state index contributed by atoms with van der Waals surface area (Å²) in [6, 6.07) is 2.30. The second-order valence-electron chi connectivity index (χ2n) is 6.48. The van der Waals surface area contributed by atoms with Gasteiger partial charge in [0.05, 0.1) is 5.92 Å². The summed E-state index contributed by atoms with van der Waals surface area (Å²) < 4.78 is 5.58. The third kappa shape index (κ3) is 2.16. The monoisotopic (exact) mass is 277 g/mol. The Kier molecular flexibility index (Phi) is 3.36. The summed E-state index contributed by atoms with van der Waals surface area (Å²) in [6.07, 6.45) is 3.32. The van der Waals surface area contributed by atoms with Gasteiger partial charge in [-0.05, 0) is 57.9 Å². The molecule has 3 rings (SSSR count). The summed E-state index contributed by atoms with van der Waals surface area (Å²) >= 11 is 0. The van der Waals surface area contributed by atoms with Gasteiger partial charge in [0.15, 0.2) is 0 Å². The molecule has 5 unspecified atom stereocenters. The second-order valence-corrected chi connectivity index (χ2v) is 6.48. The highest BCUT2D eigenvalue weighted by atomic mass is 16.4. The van der Waals surface area contributed by atoms with Crippen molar-refractivity contribution in [2.75, 3.05) is 0 Å². The molecule has 0 aromatic carbocycles. The number of carboxylic acid groups (broad SMARTS) is 1. The summed E-state index contributed by atoms with van der Waals surface area (Å²) in [4.78, 5) is 11.5. The third-order valence-corrected chi connectivity index (χ3v) is 5.19. The van der Waals surface area contributed by atoms with Gasteiger partial charge in [0.2, 0.25) is 0 Å². The van der Waals surface area contributed by atoms with E-state index in [1.165, 1.54) is 6.42 Å². The molecule has 2 aliphatic rings. The molecule has 4 nitrogen and oxygen atoms in total. The Labute approximate surface area is 119 Å². The van der Waals surface area contributed by atoms with E-state index in [2.05, 4.69) is 18.3 Å². The predicted molar refractivity (Wildman–Crippen MR) is 75.5 cm³/mol. The van der Waals surface area contributed by atoms with Crippen molar-refractivity contribution in [3.05, 3.63) is 23.2 Å². The Balaban J connectivity index is 1.76. The van der Waals surface area contributed by atoms with Gasteiger partial charge in [-0.2, -0.15) is 0 Å². The summed E-state index contributed by atoms with van der Waals surface area (Å²) in [7, 11) is 0. The van der Waals surface area contributed by atoms with Crippen LogP contribution in [0.25, 0.3) is 0 Å². The highest BCUT2D eigenvalue weighted by Gasteiger charge is 2.51. The number of hydrogen-bond acceptors (Lipinski definition) is 3. The maximum absolute atomic E-state index is 11.5. The third-order valence-electron chi connectivity index (χ3n) is 5.19. The standard InChI is InChI=1S/C16H23NO3/c1-8-6-13(10(3)20-8)9(2)17-15-12-5-4-11(7-12)14(15)16(18)19/h6,9,11-12,14-15,17H,4-5,7H2,1-3H3,(H,18,19). The number of nitrogens with one attached hydrogen (secondary N) is 1. The maximum atomic E-state index is 11.5. The zero-order chi connectivity index (χ0) is 14.4. The van der Waals surface area contributed by atoms with Gasteiger partial charge < -0.3 is 14.8 Å². The van der Waals surface area contributed by atoms with Gasteiger partial charge in [-0.15, -0.1) is 0 Å². The average molecular weight is 277 g/mol. The molecule has 1 heterocycles. The summed E-state index contributed by atoms with van der Waals surface area (Å²) in [5, 5.41) is 13.1. The van der Waals surface area contributed by atoms with Crippen LogP contribution in [-0.4, -0.2) is 17.1 Å². The van der Waals surface area contributed by atoms with E-state index in [4.69, 9.17) is 4.42 Å². The quantitative estimate of drug-likeness (QED) is 0.888. The summed E-state index contributed by atoms with van der Waals surface area (Å²) in [5.41, 5.74) is 1.15. The van der Waals surface area contributed by atoms with E-state index >= 15 is 0 Å². The van der Waals surface area contributed by atoms with Crippen molar-refractivity contribution in [1.82, 2.24) is 5.32 Å². The number of rotatable bonds is 4. The van der Waals surface area contributed by atoms with Crippen LogP contribution in [-0.2, 0) is 4.79 Å². The lowest BCUT2D eigenvalue weighted by Gasteiger charge is -2.31. The van der Waals surface area contributed by atoms with Crippen LogP contribution in [0.2, 0.25) is 0 Å². The van der Waals surface area contributed by atoms with Gasteiger partial charge in [0.25, 0.3) is 0 Å². The first-order valence-electron chi connectivity index (χ1n) is 7.53. The van der Waals surface area contributed by atoms with Crippen molar-refractivity contribution in [2.45, 2.75) is 52.1 Å². The first-order chi connectivity index (χ1) is 9.47. The zero-order valence-electron chi connectivity index (χ0n) is 12.3. The number of fused-ring (bicyclic) bond motifs is 2. The van der Waals surface area contributed by atoms with Crippen LogP contribution in [0.15, 0.2) is 10.5 Å². The molecule has 2 fully saturated rings. The fourth-order valence-corrected chi connectivity index (χ4v) is 4.35. The molecule has 2 aliphatic carbocycles. The van der Waals surface area contributed by atoms with Crippen molar-refractivity contribution >= 4 is 5.97 Å². The van der Waals surface area contributed by atoms with E-state index in [1.807, 2.05) is 13.8 Å². The molecule has 0 amide bonds. The number of carbonyl (C=O) groups is 1. The fourth-order valence-electron chi connectivity index (χ4n) is 4.35. The summed E-state index contributed by atoms with van der Waals surface area (Å²) in [5.74, 6) is 1.88. The largest absolute Gasteiger partial charge is 0.481 e. The molecule has 2 bridgehead atoms. The summed E-state index contributed by atoms with van der Waals surface area (Å²) in [6.45, 7) is 6.01. The Morgan fingerprint density at radius 2 is 2.10 bits per heavy atom. The predicted octanol–water partition coefficient (Wildman–Crippen LogP) is 3.05. The Hall–Kier alpha value is -1.29. The molecule has 0 aliphatic heterocycles. The van der Waals surface area contributed by atoms with E-state index in [1.54, 1.807) is 0 Å². The Bertz CT molecular complexity index is 522. The molecule has 1 aromatic rings. The van der Waals surface area contributed by atoms with Gasteiger partial charge in [0, 0.05) is 17.6 Å². The van der Waals surface area contributed by atoms with E-state index in [0.29, 0.717) is 11.8 Å². The highest BCUT2D eigenvalue weighted by molar-refractivity contribution is 5.72. The molecule has 110 valence electrons. The number of carboxylic acids is 1. The van der Waals surface area contributed by atoms with Crippen LogP contribution in [0, 0.1) is 31.6 Å². The van der Waals surface area contributed by atoms with E-state index < -0.39 is 5.97 Å². The molecule has 20 heavy (non-hydrogen) atoms. The van der Waals surface area contributed by atoms with E-state index in [0.717, 1.165) is 29.9 Å². The second kappa shape index (κ2) is 4.92. The lowest BCUT2D eigenvalue weighted by Crippen LogP contribution is -2.45. The Morgan fingerprint density at radius 1 is 1.40 bits per heavy atom. The molecular weight excluding hydrogens is 254 g/mol. The first-order valence-corrected chi connectivity index (χ1v) is 7.53. The maximum Gasteiger partial charge on any atom is 0.308 e. The number of furan rings is 1.